The minimum atomic E-state index is -3.62. The van der Waals surface area contributed by atoms with Gasteiger partial charge in [-0.2, -0.15) is 0 Å². The van der Waals surface area contributed by atoms with E-state index in [9.17, 15) is 8.42 Å². The molecule has 0 radical (unpaired) electrons. The highest BCUT2D eigenvalue weighted by atomic mass is 32.2. The van der Waals surface area contributed by atoms with Gasteiger partial charge in [0.2, 0.25) is 0 Å². The topological polar surface area (TPSA) is 84.8 Å². The van der Waals surface area contributed by atoms with Gasteiger partial charge in [-0.3, -0.25) is 9.71 Å². The lowest BCUT2D eigenvalue weighted by molar-refractivity contribution is 0.600. The van der Waals surface area contributed by atoms with Gasteiger partial charge < -0.3 is 0 Å². The maximum absolute atomic E-state index is 12.0. The Labute approximate surface area is 111 Å². The van der Waals surface area contributed by atoms with Crippen LogP contribution >= 0.6 is 0 Å². The van der Waals surface area contributed by atoms with Gasteiger partial charge in [-0.25, -0.2) is 18.4 Å². The number of nitrogens with one attached hydrogen (secondary N) is 1. The summed E-state index contributed by atoms with van der Waals surface area (Å²) in [6.45, 7) is 0. The molecule has 1 aliphatic carbocycles. The molecule has 1 aliphatic rings. The number of sulfonamides is 1. The monoisotopic (exact) mass is 276 g/mol. The largest absolute Gasteiger partial charge is 0.276 e. The zero-order valence-corrected chi connectivity index (χ0v) is 10.8. The van der Waals surface area contributed by atoms with Crippen LogP contribution < -0.4 is 4.72 Å². The van der Waals surface area contributed by atoms with Crippen LogP contribution in [0.15, 0.2) is 41.8 Å². The Morgan fingerprint density at radius 2 is 1.89 bits per heavy atom. The molecule has 0 saturated heterocycles. The lowest BCUT2D eigenvalue weighted by atomic mass is 10.4. The summed E-state index contributed by atoms with van der Waals surface area (Å²) in [6, 6.07) is 3.05. The highest BCUT2D eigenvalue weighted by molar-refractivity contribution is 7.92. The highest BCUT2D eigenvalue weighted by Crippen LogP contribution is 2.37. The minimum Gasteiger partial charge on any atom is -0.276 e. The number of hydrogen-bond donors (Lipinski definition) is 1. The van der Waals surface area contributed by atoms with Crippen molar-refractivity contribution >= 4 is 15.7 Å². The van der Waals surface area contributed by atoms with Gasteiger partial charge in [0.15, 0.2) is 0 Å². The summed E-state index contributed by atoms with van der Waals surface area (Å²) in [7, 11) is -3.62. The fraction of sp³-hybridized carbons (Fsp3) is 0.250. The van der Waals surface area contributed by atoms with E-state index in [0.717, 1.165) is 18.7 Å². The van der Waals surface area contributed by atoms with Crippen molar-refractivity contribution < 1.29 is 8.42 Å². The van der Waals surface area contributed by atoms with Gasteiger partial charge in [0.05, 0.1) is 18.1 Å². The van der Waals surface area contributed by atoms with Crippen LogP contribution in [-0.2, 0) is 10.0 Å². The average Bonchev–Trinajstić information content (AvgIpc) is 3.25. The fourth-order valence-electron chi connectivity index (χ4n) is 1.66. The van der Waals surface area contributed by atoms with E-state index in [1.165, 1.54) is 30.9 Å². The molecule has 0 aliphatic heterocycles. The van der Waals surface area contributed by atoms with E-state index < -0.39 is 10.0 Å². The second-order valence-electron chi connectivity index (χ2n) is 4.40. The molecule has 0 spiro atoms. The summed E-state index contributed by atoms with van der Waals surface area (Å²) in [5.74, 6) is 1.23. The first-order valence-corrected chi connectivity index (χ1v) is 7.38. The van der Waals surface area contributed by atoms with Gasteiger partial charge in [0.1, 0.15) is 10.7 Å². The molecule has 0 unspecified atom stereocenters. The number of pyridine rings is 1. The van der Waals surface area contributed by atoms with Crippen molar-refractivity contribution in [3.05, 3.63) is 42.7 Å². The molecule has 7 heteroatoms. The third kappa shape index (κ3) is 2.70. The van der Waals surface area contributed by atoms with E-state index in [-0.39, 0.29) is 4.90 Å². The summed E-state index contributed by atoms with van der Waals surface area (Å²) in [5, 5.41) is 0. The summed E-state index contributed by atoms with van der Waals surface area (Å²) in [6.07, 6.45) is 8.03. The Hall–Kier alpha value is -2.02. The smallest absolute Gasteiger partial charge is 0.263 e. The standard InChI is InChI=1S/C12H12N4O2S/c17-19(18,11-2-1-5-13-8-11)16-10-6-14-12(15-7-10)9-3-4-9/h1-2,5-9,16H,3-4H2. The third-order valence-corrected chi connectivity index (χ3v) is 4.18. The van der Waals surface area contributed by atoms with E-state index in [0.29, 0.717) is 11.6 Å². The Morgan fingerprint density at radius 1 is 1.16 bits per heavy atom. The molecule has 3 rings (SSSR count). The molecule has 2 aromatic heterocycles. The second kappa shape index (κ2) is 4.58. The van der Waals surface area contributed by atoms with Crippen LogP contribution in [0.3, 0.4) is 0 Å². The van der Waals surface area contributed by atoms with E-state index in [1.807, 2.05) is 0 Å². The van der Waals surface area contributed by atoms with Gasteiger partial charge in [0, 0.05) is 18.3 Å². The molecule has 2 aromatic rings. The normalized spacial score (nSPS) is 15.2. The molecular weight excluding hydrogens is 264 g/mol. The molecule has 19 heavy (non-hydrogen) atoms. The Kier molecular flexibility index (Phi) is 2.90. The number of nitrogens with zero attached hydrogens (tertiary/aromatic N) is 3. The molecule has 1 N–H and O–H groups in total. The fourth-order valence-corrected chi connectivity index (χ4v) is 2.65. The Balaban J connectivity index is 1.80. The average molecular weight is 276 g/mol. The van der Waals surface area contributed by atoms with E-state index in [2.05, 4.69) is 19.7 Å². The van der Waals surface area contributed by atoms with Gasteiger partial charge in [-0.05, 0) is 25.0 Å². The predicted molar refractivity (Wildman–Crippen MR) is 69.1 cm³/mol. The van der Waals surface area contributed by atoms with Crippen molar-refractivity contribution in [2.24, 2.45) is 0 Å². The first-order valence-electron chi connectivity index (χ1n) is 5.90. The molecule has 1 saturated carbocycles. The van der Waals surface area contributed by atoms with Crippen molar-refractivity contribution in [1.29, 1.82) is 0 Å². The van der Waals surface area contributed by atoms with Crippen molar-refractivity contribution in [3.63, 3.8) is 0 Å². The predicted octanol–water partition coefficient (Wildman–Crippen LogP) is 1.55. The Morgan fingerprint density at radius 3 is 2.47 bits per heavy atom. The molecule has 0 amide bonds. The van der Waals surface area contributed by atoms with Crippen LogP contribution in [0.4, 0.5) is 5.69 Å². The molecule has 0 atom stereocenters. The SMILES string of the molecule is O=S(=O)(Nc1cnc(C2CC2)nc1)c1cccnc1. The molecule has 0 bridgehead atoms. The zero-order valence-electron chi connectivity index (χ0n) is 10.0. The number of aromatic nitrogens is 3. The lowest BCUT2D eigenvalue weighted by Crippen LogP contribution is -2.13. The van der Waals surface area contributed by atoms with E-state index >= 15 is 0 Å². The van der Waals surface area contributed by atoms with Crippen LogP contribution in [0.5, 0.6) is 0 Å². The lowest BCUT2D eigenvalue weighted by Gasteiger charge is -2.07. The van der Waals surface area contributed by atoms with Crippen molar-refractivity contribution in [3.8, 4) is 0 Å². The summed E-state index contributed by atoms with van der Waals surface area (Å²) in [4.78, 5) is 12.2. The van der Waals surface area contributed by atoms with E-state index in [1.54, 1.807) is 6.07 Å². The molecule has 0 aromatic carbocycles. The number of anilines is 1. The quantitative estimate of drug-likeness (QED) is 0.915. The maximum Gasteiger partial charge on any atom is 0.263 e. The minimum absolute atomic E-state index is 0.112. The van der Waals surface area contributed by atoms with Gasteiger partial charge >= 0.3 is 0 Å². The number of rotatable bonds is 4. The van der Waals surface area contributed by atoms with Crippen LogP contribution in [0.1, 0.15) is 24.6 Å². The van der Waals surface area contributed by atoms with Crippen LogP contribution in [0.2, 0.25) is 0 Å². The van der Waals surface area contributed by atoms with Gasteiger partial charge in [-0.15, -0.1) is 0 Å². The van der Waals surface area contributed by atoms with Crippen molar-refractivity contribution in [1.82, 2.24) is 15.0 Å². The molecule has 1 fully saturated rings. The van der Waals surface area contributed by atoms with E-state index in [4.69, 9.17) is 0 Å². The van der Waals surface area contributed by atoms with Crippen molar-refractivity contribution in [2.75, 3.05) is 4.72 Å². The van der Waals surface area contributed by atoms with Crippen LogP contribution in [0, 0.1) is 0 Å². The number of hydrogen-bond acceptors (Lipinski definition) is 5. The molecule has 6 nitrogen and oxygen atoms in total. The Bertz CT molecular complexity index is 667. The highest BCUT2D eigenvalue weighted by Gasteiger charge is 2.26. The van der Waals surface area contributed by atoms with Crippen LogP contribution in [0.25, 0.3) is 0 Å². The molecule has 2 heterocycles. The summed E-state index contributed by atoms with van der Waals surface area (Å²) < 4.78 is 26.5. The second-order valence-corrected chi connectivity index (χ2v) is 6.08. The maximum atomic E-state index is 12.0. The molecule has 98 valence electrons. The third-order valence-electron chi connectivity index (χ3n) is 2.81. The first-order chi connectivity index (χ1) is 9.15. The summed E-state index contributed by atoms with van der Waals surface area (Å²) in [5.41, 5.74) is 0.355. The molecular formula is C12H12N4O2S. The summed E-state index contributed by atoms with van der Waals surface area (Å²) >= 11 is 0. The van der Waals surface area contributed by atoms with Crippen LogP contribution in [-0.4, -0.2) is 23.4 Å². The van der Waals surface area contributed by atoms with Gasteiger partial charge in [0.25, 0.3) is 10.0 Å². The van der Waals surface area contributed by atoms with Crippen molar-refractivity contribution in [2.45, 2.75) is 23.7 Å². The first kappa shape index (κ1) is 12.0. The van der Waals surface area contributed by atoms with Gasteiger partial charge in [-0.1, -0.05) is 0 Å². The zero-order chi connectivity index (χ0) is 13.3.